The first-order chi connectivity index (χ1) is 10.6. The molecule has 1 heterocycles. The number of halogens is 1. The minimum absolute atomic E-state index is 0.130. The number of thioether (sulfide) groups is 1. The first kappa shape index (κ1) is 15.4. The van der Waals surface area contributed by atoms with E-state index < -0.39 is 0 Å². The summed E-state index contributed by atoms with van der Waals surface area (Å²) in [5.41, 5.74) is 2.32. The third-order valence-electron chi connectivity index (χ3n) is 3.92. The quantitative estimate of drug-likeness (QED) is 0.753. The van der Waals surface area contributed by atoms with Crippen LogP contribution in [0.3, 0.4) is 0 Å². The van der Waals surface area contributed by atoms with Crippen LogP contribution in [0.4, 0.5) is 5.69 Å². The summed E-state index contributed by atoms with van der Waals surface area (Å²) in [4.78, 5) is 15.9. The average Bonchev–Trinajstić information content (AvgIpc) is 2.84. The molecule has 0 radical (unpaired) electrons. The highest BCUT2D eigenvalue weighted by Crippen LogP contribution is 2.34. The molecule has 1 aliphatic heterocycles. The summed E-state index contributed by atoms with van der Waals surface area (Å²) in [6.07, 6.45) is 0.931. The first-order valence-electron chi connectivity index (χ1n) is 7.39. The van der Waals surface area contributed by atoms with Gasteiger partial charge in [0.2, 0.25) is 5.91 Å². The fourth-order valence-corrected chi connectivity index (χ4v) is 3.91. The van der Waals surface area contributed by atoms with Crippen molar-refractivity contribution in [2.24, 2.45) is 0 Å². The Hall–Kier alpha value is -1.45. The fourth-order valence-electron chi connectivity index (χ4n) is 2.86. The molecule has 0 bridgehead atoms. The molecule has 2 aromatic rings. The van der Waals surface area contributed by atoms with E-state index in [9.17, 15) is 4.79 Å². The maximum Gasteiger partial charge on any atom is 0.240 e. The molecule has 4 heteroatoms. The van der Waals surface area contributed by atoms with Gasteiger partial charge in [0, 0.05) is 21.6 Å². The SMILES string of the molecule is CC(Sc1ccc(Cl)cc1)C(=O)N1c2ccccc2CC1C. The summed E-state index contributed by atoms with van der Waals surface area (Å²) in [6, 6.07) is 16.0. The lowest BCUT2D eigenvalue weighted by Crippen LogP contribution is -2.40. The van der Waals surface area contributed by atoms with Gasteiger partial charge in [0.15, 0.2) is 0 Å². The molecule has 22 heavy (non-hydrogen) atoms. The lowest BCUT2D eigenvalue weighted by Gasteiger charge is -2.25. The number of anilines is 1. The van der Waals surface area contributed by atoms with Gasteiger partial charge in [-0.3, -0.25) is 4.79 Å². The van der Waals surface area contributed by atoms with Gasteiger partial charge in [-0.25, -0.2) is 0 Å². The molecule has 114 valence electrons. The molecule has 2 atom stereocenters. The largest absolute Gasteiger partial charge is 0.308 e. The van der Waals surface area contributed by atoms with E-state index in [-0.39, 0.29) is 17.2 Å². The third kappa shape index (κ3) is 3.01. The van der Waals surface area contributed by atoms with Crippen molar-refractivity contribution in [2.45, 2.75) is 36.5 Å². The number of para-hydroxylation sites is 1. The van der Waals surface area contributed by atoms with Crippen LogP contribution >= 0.6 is 23.4 Å². The van der Waals surface area contributed by atoms with Crippen LogP contribution in [0.2, 0.25) is 5.02 Å². The number of nitrogens with zero attached hydrogens (tertiary/aromatic N) is 1. The molecule has 0 fully saturated rings. The van der Waals surface area contributed by atoms with Gasteiger partial charge in [0.25, 0.3) is 0 Å². The van der Waals surface area contributed by atoms with Gasteiger partial charge >= 0.3 is 0 Å². The normalized spacial score (nSPS) is 18.1. The minimum Gasteiger partial charge on any atom is -0.308 e. The summed E-state index contributed by atoms with van der Waals surface area (Å²) < 4.78 is 0. The highest BCUT2D eigenvalue weighted by atomic mass is 35.5. The molecule has 2 unspecified atom stereocenters. The Morgan fingerprint density at radius 3 is 2.64 bits per heavy atom. The molecule has 0 aliphatic carbocycles. The van der Waals surface area contributed by atoms with E-state index in [0.29, 0.717) is 5.02 Å². The van der Waals surface area contributed by atoms with Crippen molar-refractivity contribution in [3.05, 3.63) is 59.1 Å². The van der Waals surface area contributed by atoms with E-state index in [2.05, 4.69) is 13.0 Å². The zero-order valence-corrected chi connectivity index (χ0v) is 14.2. The molecule has 2 aromatic carbocycles. The lowest BCUT2D eigenvalue weighted by molar-refractivity contribution is -0.118. The van der Waals surface area contributed by atoms with E-state index >= 15 is 0 Å². The summed E-state index contributed by atoms with van der Waals surface area (Å²) >= 11 is 7.48. The molecule has 0 saturated carbocycles. The average molecular weight is 332 g/mol. The second kappa shape index (κ2) is 6.35. The van der Waals surface area contributed by atoms with Crippen LogP contribution in [0, 0.1) is 0 Å². The zero-order valence-electron chi connectivity index (χ0n) is 12.6. The van der Waals surface area contributed by atoms with Gasteiger partial charge in [0.1, 0.15) is 0 Å². The molecular formula is C18H18ClNOS. The van der Waals surface area contributed by atoms with Gasteiger partial charge in [-0.15, -0.1) is 11.8 Å². The topological polar surface area (TPSA) is 20.3 Å². The van der Waals surface area contributed by atoms with E-state index in [1.165, 1.54) is 5.56 Å². The predicted octanol–water partition coefficient (Wildman–Crippen LogP) is 4.80. The summed E-state index contributed by atoms with van der Waals surface area (Å²) in [5.74, 6) is 0.164. The number of hydrogen-bond donors (Lipinski definition) is 0. The number of carbonyl (C=O) groups excluding carboxylic acids is 1. The number of hydrogen-bond acceptors (Lipinski definition) is 2. The van der Waals surface area contributed by atoms with Gasteiger partial charge in [-0.05, 0) is 56.2 Å². The van der Waals surface area contributed by atoms with Crippen molar-refractivity contribution < 1.29 is 4.79 Å². The second-order valence-electron chi connectivity index (χ2n) is 5.60. The Morgan fingerprint density at radius 1 is 1.23 bits per heavy atom. The highest BCUT2D eigenvalue weighted by Gasteiger charge is 2.33. The van der Waals surface area contributed by atoms with Gasteiger partial charge in [0.05, 0.1) is 5.25 Å². The maximum absolute atomic E-state index is 12.9. The zero-order chi connectivity index (χ0) is 15.7. The second-order valence-corrected chi connectivity index (χ2v) is 7.45. The van der Waals surface area contributed by atoms with Gasteiger partial charge < -0.3 is 4.90 Å². The Kier molecular flexibility index (Phi) is 4.46. The molecule has 0 aromatic heterocycles. The summed E-state index contributed by atoms with van der Waals surface area (Å²) in [5, 5.41) is 0.584. The summed E-state index contributed by atoms with van der Waals surface area (Å²) in [6.45, 7) is 4.08. The molecule has 0 spiro atoms. The number of fused-ring (bicyclic) bond motifs is 1. The predicted molar refractivity (Wildman–Crippen MR) is 93.9 cm³/mol. The van der Waals surface area contributed by atoms with Gasteiger partial charge in [-0.1, -0.05) is 29.8 Å². The van der Waals surface area contributed by atoms with Crippen LogP contribution in [0.15, 0.2) is 53.4 Å². The molecule has 0 N–H and O–H groups in total. The number of benzene rings is 2. The maximum atomic E-state index is 12.9. The number of amides is 1. The highest BCUT2D eigenvalue weighted by molar-refractivity contribution is 8.00. The van der Waals surface area contributed by atoms with E-state index in [1.54, 1.807) is 11.8 Å². The van der Waals surface area contributed by atoms with Crippen LogP contribution in [0.1, 0.15) is 19.4 Å². The Balaban J connectivity index is 1.77. The fraction of sp³-hybridized carbons (Fsp3) is 0.278. The monoisotopic (exact) mass is 331 g/mol. The molecule has 3 rings (SSSR count). The number of carbonyl (C=O) groups is 1. The number of rotatable bonds is 3. The van der Waals surface area contributed by atoms with Crippen LogP contribution in [0.25, 0.3) is 0 Å². The van der Waals surface area contributed by atoms with Crippen molar-refractivity contribution in [1.29, 1.82) is 0 Å². The molecule has 1 amide bonds. The molecular weight excluding hydrogens is 314 g/mol. The lowest BCUT2D eigenvalue weighted by atomic mass is 10.1. The van der Waals surface area contributed by atoms with Crippen molar-refractivity contribution in [1.82, 2.24) is 0 Å². The van der Waals surface area contributed by atoms with Crippen LogP contribution in [-0.4, -0.2) is 17.2 Å². The van der Waals surface area contributed by atoms with Crippen LogP contribution in [0.5, 0.6) is 0 Å². The van der Waals surface area contributed by atoms with Crippen molar-refractivity contribution in [3.63, 3.8) is 0 Å². The Bertz CT molecular complexity index is 686. The molecule has 0 saturated heterocycles. The Morgan fingerprint density at radius 2 is 1.91 bits per heavy atom. The third-order valence-corrected chi connectivity index (χ3v) is 5.27. The van der Waals surface area contributed by atoms with E-state index in [4.69, 9.17) is 11.6 Å². The van der Waals surface area contributed by atoms with Crippen molar-refractivity contribution in [2.75, 3.05) is 4.90 Å². The summed E-state index contributed by atoms with van der Waals surface area (Å²) in [7, 11) is 0. The first-order valence-corrected chi connectivity index (χ1v) is 8.65. The standard InChI is InChI=1S/C18H18ClNOS/c1-12-11-14-5-3-4-6-17(14)20(12)18(21)13(2)22-16-9-7-15(19)8-10-16/h3-10,12-13H,11H2,1-2H3. The van der Waals surface area contributed by atoms with Gasteiger partial charge in [-0.2, -0.15) is 0 Å². The molecule has 2 nitrogen and oxygen atoms in total. The Labute approximate surface area is 140 Å². The van der Waals surface area contributed by atoms with Crippen LogP contribution < -0.4 is 4.90 Å². The smallest absolute Gasteiger partial charge is 0.240 e. The van der Waals surface area contributed by atoms with Crippen molar-refractivity contribution in [3.8, 4) is 0 Å². The van der Waals surface area contributed by atoms with E-state index in [0.717, 1.165) is 17.0 Å². The minimum atomic E-state index is -0.130. The van der Waals surface area contributed by atoms with Crippen molar-refractivity contribution >= 4 is 35.0 Å². The molecule has 1 aliphatic rings. The van der Waals surface area contributed by atoms with Crippen LogP contribution in [-0.2, 0) is 11.2 Å². The van der Waals surface area contributed by atoms with E-state index in [1.807, 2.05) is 54.3 Å².